The van der Waals surface area contributed by atoms with E-state index in [0.29, 0.717) is 21.9 Å². The van der Waals surface area contributed by atoms with Crippen molar-refractivity contribution in [3.63, 3.8) is 0 Å². The number of esters is 1. The molecule has 1 heterocycles. The summed E-state index contributed by atoms with van der Waals surface area (Å²) in [6.07, 6.45) is 1.38. The van der Waals surface area contributed by atoms with Gasteiger partial charge in [0.1, 0.15) is 10.6 Å². The topological polar surface area (TPSA) is 96.9 Å². The molecule has 1 aromatic heterocycles. The predicted molar refractivity (Wildman–Crippen MR) is 116 cm³/mol. The summed E-state index contributed by atoms with van der Waals surface area (Å²) in [6, 6.07) is 15.5. The van der Waals surface area contributed by atoms with E-state index >= 15 is 0 Å². The number of benzene rings is 2. The number of hydrazone groups is 1. The van der Waals surface area contributed by atoms with Crippen LogP contribution in [0.15, 0.2) is 65.1 Å². The van der Waals surface area contributed by atoms with Crippen LogP contribution in [0.25, 0.3) is 0 Å². The molecular weight excluding hydrogens is 402 g/mol. The highest BCUT2D eigenvalue weighted by molar-refractivity contribution is 7.12. The van der Waals surface area contributed by atoms with E-state index < -0.39 is 17.8 Å². The Morgan fingerprint density at radius 3 is 2.43 bits per heavy atom. The van der Waals surface area contributed by atoms with Crippen LogP contribution in [0.5, 0.6) is 5.75 Å². The number of nitrogens with one attached hydrogen (secondary N) is 2. The molecule has 2 aromatic carbocycles. The van der Waals surface area contributed by atoms with Crippen LogP contribution in [0.1, 0.15) is 26.4 Å². The van der Waals surface area contributed by atoms with Gasteiger partial charge in [0.2, 0.25) is 0 Å². The minimum Gasteiger partial charge on any atom is -0.422 e. The van der Waals surface area contributed by atoms with E-state index in [2.05, 4.69) is 15.8 Å². The van der Waals surface area contributed by atoms with Gasteiger partial charge >= 0.3 is 17.8 Å². The van der Waals surface area contributed by atoms with Gasteiger partial charge < -0.3 is 10.1 Å². The van der Waals surface area contributed by atoms with Gasteiger partial charge in [0.15, 0.2) is 0 Å². The maximum atomic E-state index is 12.0. The van der Waals surface area contributed by atoms with Crippen molar-refractivity contribution in [1.82, 2.24) is 5.43 Å². The SMILES string of the molecule is Cc1ccc(NC(=O)C(=O)N/N=C/c2ccc(OC(=O)c3cccs3)cc2)c(C)c1. The molecule has 0 atom stereocenters. The summed E-state index contributed by atoms with van der Waals surface area (Å²) in [5.41, 5.74) is 5.33. The van der Waals surface area contributed by atoms with Crippen LogP contribution < -0.4 is 15.5 Å². The molecule has 2 N–H and O–H groups in total. The second-order valence-corrected chi connectivity index (χ2v) is 7.36. The van der Waals surface area contributed by atoms with E-state index in [4.69, 9.17) is 4.74 Å². The van der Waals surface area contributed by atoms with Gasteiger partial charge in [-0.05, 0) is 66.8 Å². The number of thiophene rings is 1. The molecular formula is C22H19N3O4S. The molecule has 0 bridgehead atoms. The third-order valence-corrected chi connectivity index (χ3v) is 4.88. The van der Waals surface area contributed by atoms with Crippen molar-refractivity contribution in [2.24, 2.45) is 5.10 Å². The number of rotatable bonds is 5. The van der Waals surface area contributed by atoms with Crippen molar-refractivity contribution in [1.29, 1.82) is 0 Å². The first-order valence-electron chi connectivity index (χ1n) is 9.00. The molecule has 0 saturated heterocycles. The molecule has 0 fully saturated rings. The van der Waals surface area contributed by atoms with Gasteiger partial charge in [-0.2, -0.15) is 5.10 Å². The van der Waals surface area contributed by atoms with Crippen LogP contribution in [0, 0.1) is 13.8 Å². The number of amides is 2. The quantitative estimate of drug-likeness (QED) is 0.216. The van der Waals surface area contributed by atoms with Crippen molar-refractivity contribution < 1.29 is 19.1 Å². The van der Waals surface area contributed by atoms with Crippen LogP contribution in [-0.4, -0.2) is 24.0 Å². The Morgan fingerprint density at radius 2 is 1.77 bits per heavy atom. The zero-order chi connectivity index (χ0) is 21.5. The molecule has 0 aliphatic rings. The number of nitrogens with zero attached hydrogens (tertiary/aromatic N) is 1. The first-order valence-corrected chi connectivity index (χ1v) is 9.88. The van der Waals surface area contributed by atoms with Crippen molar-refractivity contribution in [2.75, 3.05) is 5.32 Å². The van der Waals surface area contributed by atoms with Gasteiger partial charge in [0.25, 0.3) is 0 Å². The van der Waals surface area contributed by atoms with E-state index in [1.165, 1.54) is 17.6 Å². The van der Waals surface area contributed by atoms with Gasteiger partial charge in [-0.25, -0.2) is 10.2 Å². The Morgan fingerprint density at radius 1 is 1.00 bits per heavy atom. The Kier molecular flexibility index (Phi) is 6.71. The second-order valence-electron chi connectivity index (χ2n) is 6.41. The second kappa shape index (κ2) is 9.62. The Bertz CT molecular complexity index is 1090. The van der Waals surface area contributed by atoms with Crippen molar-refractivity contribution in [3.05, 3.63) is 81.5 Å². The third kappa shape index (κ3) is 5.62. The van der Waals surface area contributed by atoms with Crippen molar-refractivity contribution >= 4 is 41.0 Å². The summed E-state index contributed by atoms with van der Waals surface area (Å²) in [5, 5.41) is 8.13. The maximum Gasteiger partial charge on any atom is 0.353 e. The number of aryl methyl sites for hydroxylation is 2. The van der Waals surface area contributed by atoms with Gasteiger partial charge in [0.05, 0.1) is 6.21 Å². The average molecular weight is 421 g/mol. The summed E-state index contributed by atoms with van der Waals surface area (Å²) in [5.74, 6) is -1.72. The molecule has 3 rings (SSSR count). The van der Waals surface area contributed by atoms with E-state index in [0.717, 1.165) is 11.1 Å². The Hall–Kier alpha value is -3.78. The van der Waals surface area contributed by atoms with E-state index in [-0.39, 0.29) is 0 Å². The monoisotopic (exact) mass is 421 g/mol. The predicted octanol–water partition coefficient (Wildman–Crippen LogP) is 3.67. The minimum atomic E-state index is -0.882. The van der Waals surface area contributed by atoms with Crippen molar-refractivity contribution in [3.8, 4) is 5.75 Å². The average Bonchev–Trinajstić information content (AvgIpc) is 3.26. The van der Waals surface area contributed by atoms with Crippen LogP contribution in [0.4, 0.5) is 5.69 Å². The first-order chi connectivity index (χ1) is 14.4. The fourth-order valence-corrected chi connectivity index (χ4v) is 3.12. The van der Waals surface area contributed by atoms with E-state index in [9.17, 15) is 14.4 Å². The molecule has 0 spiro atoms. The highest BCUT2D eigenvalue weighted by Crippen LogP contribution is 2.17. The number of hydrogen-bond donors (Lipinski definition) is 2. The molecule has 7 nitrogen and oxygen atoms in total. The molecule has 0 aliphatic heterocycles. The molecule has 0 radical (unpaired) electrons. The summed E-state index contributed by atoms with van der Waals surface area (Å²) < 4.78 is 5.27. The van der Waals surface area contributed by atoms with E-state index in [1.54, 1.807) is 47.8 Å². The largest absolute Gasteiger partial charge is 0.422 e. The highest BCUT2D eigenvalue weighted by atomic mass is 32.1. The molecule has 2 amide bonds. The molecule has 0 saturated carbocycles. The summed E-state index contributed by atoms with van der Waals surface area (Å²) >= 11 is 1.30. The van der Waals surface area contributed by atoms with Gasteiger partial charge in [0, 0.05) is 5.69 Å². The number of carbonyl (C=O) groups excluding carboxylic acids is 3. The Balaban J connectivity index is 1.51. The van der Waals surface area contributed by atoms with Crippen LogP contribution >= 0.6 is 11.3 Å². The smallest absolute Gasteiger partial charge is 0.353 e. The summed E-state index contributed by atoms with van der Waals surface area (Å²) in [6.45, 7) is 3.79. The highest BCUT2D eigenvalue weighted by Gasteiger charge is 2.14. The fraction of sp³-hybridized carbons (Fsp3) is 0.0909. The maximum absolute atomic E-state index is 12.0. The lowest BCUT2D eigenvalue weighted by Gasteiger charge is -2.08. The first kappa shape index (κ1) is 20.9. The minimum absolute atomic E-state index is 0.391. The zero-order valence-electron chi connectivity index (χ0n) is 16.3. The van der Waals surface area contributed by atoms with Crippen LogP contribution in [0.2, 0.25) is 0 Å². The molecule has 3 aromatic rings. The van der Waals surface area contributed by atoms with E-state index in [1.807, 2.05) is 26.0 Å². The normalized spacial score (nSPS) is 10.6. The molecule has 30 heavy (non-hydrogen) atoms. The van der Waals surface area contributed by atoms with Gasteiger partial charge in [-0.1, -0.05) is 23.8 Å². The van der Waals surface area contributed by atoms with Gasteiger partial charge in [-0.3, -0.25) is 9.59 Å². The lowest BCUT2D eigenvalue weighted by Crippen LogP contribution is -2.32. The third-order valence-electron chi connectivity index (χ3n) is 4.03. The van der Waals surface area contributed by atoms with Gasteiger partial charge in [-0.15, -0.1) is 11.3 Å². The number of carbonyl (C=O) groups is 3. The lowest BCUT2D eigenvalue weighted by atomic mass is 10.1. The number of hydrogen-bond acceptors (Lipinski definition) is 6. The molecule has 152 valence electrons. The van der Waals surface area contributed by atoms with Crippen molar-refractivity contribution in [2.45, 2.75) is 13.8 Å². The zero-order valence-corrected chi connectivity index (χ0v) is 17.2. The standard InChI is InChI=1S/C22H19N3O4S/c1-14-5-10-18(15(2)12-14)24-20(26)21(27)25-23-13-16-6-8-17(9-7-16)29-22(28)19-4-3-11-30-19/h3-13H,1-2H3,(H,24,26)(H,25,27)/b23-13+. The fourth-order valence-electron chi connectivity index (χ4n) is 2.52. The molecule has 0 aliphatic carbocycles. The summed E-state index contributed by atoms with van der Waals surface area (Å²) in [7, 11) is 0. The molecule has 8 heteroatoms. The lowest BCUT2D eigenvalue weighted by molar-refractivity contribution is -0.136. The summed E-state index contributed by atoms with van der Waals surface area (Å²) in [4.78, 5) is 36.3. The Labute approximate surface area is 177 Å². The number of anilines is 1. The number of ether oxygens (including phenoxy) is 1. The molecule has 0 unspecified atom stereocenters. The van der Waals surface area contributed by atoms with Crippen LogP contribution in [-0.2, 0) is 9.59 Å². The van der Waals surface area contributed by atoms with Crippen LogP contribution in [0.3, 0.4) is 0 Å².